The lowest BCUT2D eigenvalue weighted by molar-refractivity contribution is 0.0926. The van der Waals surface area contributed by atoms with Crippen LogP contribution < -0.4 is 4.90 Å². The van der Waals surface area contributed by atoms with Crippen molar-refractivity contribution in [3.8, 4) is 73.5 Å². The van der Waals surface area contributed by atoms with Crippen LogP contribution in [-0.4, -0.2) is 16.4 Å². The highest BCUT2D eigenvalue weighted by molar-refractivity contribution is 6.37. The second-order valence-corrected chi connectivity index (χ2v) is 16.4. The number of aromatic nitrogens is 1. The summed E-state index contributed by atoms with van der Waals surface area (Å²) in [7, 11) is 0. The molecule has 0 radical (unpaired) electrons. The van der Waals surface area contributed by atoms with Crippen molar-refractivity contribution < 1.29 is 9.59 Å². The van der Waals surface area contributed by atoms with Crippen LogP contribution in [0.4, 0.5) is 17.1 Å². The van der Waals surface area contributed by atoms with Gasteiger partial charge in [0.2, 0.25) is 0 Å². The van der Waals surface area contributed by atoms with Crippen LogP contribution in [0.3, 0.4) is 0 Å². The molecule has 9 aromatic carbocycles. The molecule has 8 nitrogen and oxygen atoms in total. The topological polar surface area (TPSA) is 98.6 Å². The molecule has 0 unspecified atom stereocenters. The van der Waals surface area contributed by atoms with E-state index >= 15 is 9.59 Å². The molecule has 10 aromatic rings. The first-order valence-corrected chi connectivity index (χ1v) is 21.7. The van der Waals surface area contributed by atoms with Gasteiger partial charge in [-0.3, -0.25) is 9.59 Å². The van der Waals surface area contributed by atoms with E-state index in [0.29, 0.717) is 78.3 Å². The van der Waals surface area contributed by atoms with E-state index in [-0.39, 0.29) is 11.1 Å². The first-order valence-electron chi connectivity index (χ1n) is 21.7. The molecule has 2 amide bonds. The van der Waals surface area contributed by atoms with Crippen molar-refractivity contribution in [3.05, 3.63) is 239 Å². The summed E-state index contributed by atoms with van der Waals surface area (Å²) in [4.78, 5) is 39.7. The highest BCUT2D eigenvalue weighted by Crippen LogP contribution is 2.48. The number of anilines is 1. The first kappa shape index (κ1) is 40.6. The summed E-state index contributed by atoms with van der Waals surface area (Å²) < 4.78 is 1.99. The van der Waals surface area contributed by atoms with Gasteiger partial charge < -0.3 is 4.57 Å². The number of fused-ring (bicyclic) bond motifs is 4. The maximum Gasteiger partial charge on any atom is 0.268 e. The Morgan fingerprint density at radius 2 is 1.03 bits per heavy atom. The third-order valence-corrected chi connectivity index (χ3v) is 12.6. The molecule has 314 valence electrons. The van der Waals surface area contributed by atoms with Crippen LogP contribution in [-0.2, 0) is 0 Å². The average molecular weight is 869 g/mol. The zero-order valence-electron chi connectivity index (χ0n) is 36.0. The van der Waals surface area contributed by atoms with Crippen LogP contribution in [0.15, 0.2) is 194 Å². The lowest BCUT2D eigenvalue weighted by atomic mass is 9.90. The molecule has 0 spiro atoms. The van der Waals surface area contributed by atoms with E-state index in [1.54, 1.807) is 48.5 Å². The van der Waals surface area contributed by atoms with Gasteiger partial charge in [-0.05, 0) is 99.1 Å². The number of carbonyl (C=O) groups is 2. The van der Waals surface area contributed by atoms with Crippen molar-refractivity contribution in [2.45, 2.75) is 0 Å². The summed E-state index contributed by atoms with van der Waals surface area (Å²) >= 11 is 0. The molecule has 0 aliphatic carbocycles. The van der Waals surface area contributed by atoms with Crippen LogP contribution in [0, 0.1) is 35.8 Å². The number of imide groups is 1. The molecule has 0 atom stereocenters. The molecule has 0 saturated carbocycles. The van der Waals surface area contributed by atoms with Crippen molar-refractivity contribution in [2.24, 2.45) is 0 Å². The number of amides is 2. The Kier molecular flexibility index (Phi) is 9.84. The Hall–Kier alpha value is -10.1. The van der Waals surface area contributed by atoms with Gasteiger partial charge in [0.05, 0.1) is 58.8 Å². The molecule has 0 bridgehead atoms. The molecule has 2 heterocycles. The standard InChI is InChI=1S/C60H32N6O2/c1-63-45-24-28-46(44(30-45)36-62)41-22-26-48-49-27-23-42(47-25-21-37(35-61)29-53(47)64-2)34-56(49)65(55(48)33-41)54-20-12-19-50-57(54)60(68)66(59(50)67)58-51(39-15-8-4-9-16-39)31-43(38-13-6-3-7-14-38)32-52(58)40-17-10-5-11-18-40/h3-34H. The molecule has 0 saturated heterocycles. The number of benzene rings is 9. The van der Waals surface area contributed by atoms with Crippen molar-refractivity contribution >= 4 is 50.7 Å². The van der Waals surface area contributed by atoms with Gasteiger partial charge in [-0.15, -0.1) is 0 Å². The highest BCUT2D eigenvalue weighted by Gasteiger charge is 2.42. The van der Waals surface area contributed by atoms with Crippen molar-refractivity contribution in [1.29, 1.82) is 10.5 Å². The van der Waals surface area contributed by atoms with Crippen LogP contribution in [0.25, 0.3) is 92.8 Å². The van der Waals surface area contributed by atoms with Gasteiger partial charge in [0.25, 0.3) is 11.8 Å². The zero-order chi connectivity index (χ0) is 46.5. The van der Waals surface area contributed by atoms with Gasteiger partial charge in [-0.2, -0.15) is 10.5 Å². The number of carbonyl (C=O) groups excluding carboxylic acids is 2. The van der Waals surface area contributed by atoms with Gasteiger partial charge in [0, 0.05) is 33.0 Å². The normalized spacial score (nSPS) is 11.8. The summed E-state index contributed by atoms with van der Waals surface area (Å²) in [6, 6.07) is 65.3. The molecule has 0 N–H and O–H groups in total. The van der Waals surface area contributed by atoms with Crippen molar-refractivity contribution in [2.75, 3.05) is 4.90 Å². The molecule has 1 aliphatic rings. The number of nitrogens with zero attached hydrogens (tertiary/aromatic N) is 6. The third-order valence-electron chi connectivity index (χ3n) is 12.6. The quantitative estimate of drug-likeness (QED) is 0.118. The minimum atomic E-state index is -0.492. The monoisotopic (exact) mass is 868 g/mol. The predicted octanol–water partition coefficient (Wildman–Crippen LogP) is 14.8. The van der Waals surface area contributed by atoms with Crippen molar-refractivity contribution in [1.82, 2.24) is 4.57 Å². The lowest BCUT2D eigenvalue weighted by Crippen LogP contribution is -2.30. The molecular weight excluding hydrogens is 837 g/mol. The Balaban J connectivity index is 1.18. The van der Waals surface area contributed by atoms with E-state index in [4.69, 9.17) is 13.1 Å². The van der Waals surface area contributed by atoms with Crippen LogP contribution in [0.5, 0.6) is 0 Å². The number of hydrogen-bond donors (Lipinski definition) is 0. The van der Waals surface area contributed by atoms with Gasteiger partial charge in [-0.25, -0.2) is 14.6 Å². The summed E-state index contributed by atoms with van der Waals surface area (Å²) in [5, 5.41) is 21.6. The van der Waals surface area contributed by atoms with Gasteiger partial charge >= 0.3 is 0 Å². The fourth-order valence-electron chi connectivity index (χ4n) is 9.50. The Morgan fingerprint density at radius 3 is 1.60 bits per heavy atom. The van der Waals surface area contributed by atoms with E-state index in [9.17, 15) is 10.5 Å². The average Bonchev–Trinajstić information content (AvgIpc) is 3.86. The molecule has 8 heteroatoms. The smallest absolute Gasteiger partial charge is 0.268 e. The van der Waals surface area contributed by atoms with Crippen LogP contribution >= 0.6 is 0 Å². The summed E-state index contributed by atoms with van der Waals surface area (Å²) in [5.41, 5.74) is 11.9. The molecule has 0 fully saturated rings. The molecular formula is C60H32N6O2. The molecule has 11 rings (SSSR count). The van der Waals surface area contributed by atoms with E-state index in [0.717, 1.165) is 33.0 Å². The van der Waals surface area contributed by atoms with Gasteiger partial charge in [-0.1, -0.05) is 140 Å². The lowest BCUT2D eigenvalue weighted by Gasteiger charge is -2.24. The second kappa shape index (κ2) is 16.5. The first-order chi connectivity index (χ1) is 33.4. The molecule has 68 heavy (non-hydrogen) atoms. The molecule has 1 aromatic heterocycles. The maximum absolute atomic E-state index is 15.8. The minimum Gasteiger partial charge on any atom is -0.308 e. The fourth-order valence-corrected chi connectivity index (χ4v) is 9.50. The van der Waals surface area contributed by atoms with E-state index in [2.05, 4.69) is 21.8 Å². The van der Waals surface area contributed by atoms with E-state index < -0.39 is 11.8 Å². The van der Waals surface area contributed by atoms with Crippen LogP contribution in [0.1, 0.15) is 31.8 Å². The van der Waals surface area contributed by atoms with Gasteiger partial charge in [0.1, 0.15) is 0 Å². The number of nitriles is 2. The second-order valence-electron chi connectivity index (χ2n) is 16.4. The van der Waals surface area contributed by atoms with Crippen molar-refractivity contribution in [3.63, 3.8) is 0 Å². The van der Waals surface area contributed by atoms with Crippen LogP contribution in [0.2, 0.25) is 0 Å². The Labute approximate surface area is 391 Å². The number of hydrogen-bond acceptors (Lipinski definition) is 4. The van der Waals surface area contributed by atoms with E-state index in [1.165, 1.54) is 4.90 Å². The summed E-state index contributed by atoms with van der Waals surface area (Å²) in [6.07, 6.45) is 0. The SMILES string of the molecule is [C-]#[N+]c1ccc(-c2ccc3c4ccc(-c5ccc(C#N)cc5[N+]#[C-])cc4n(-c4cccc5c4C(=O)N(c4c(-c6ccccc6)cc(-c6ccccc6)cc4-c4ccccc4)C5=O)c3c2)c(C#N)c1. The Bertz CT molecular complexity index is 3750. The molecule has 1 aliphatic heterocycles. The van der Waals surface area contributed by atoms with Gasteiger partial charge in [0.15, 0.2) is 11.4 Å². The van der Waals surface area contributed by atoms with E-state index in [1.807, 2.05) is 150 Å². The maximum atomic E-state index is 15.8. The third kappa shape index (κ3) is 6.58. The summed E-state index contributed by atoms with van der Waals surface area (Å²) in [6.45, 7) is 15.6. The largest absolute Gasteiger partial charge is 0.308 e. The zero-order valence-corrected chi connectivity index (χ0v) is 36.0. The Morgan fingerprint density at radius 1 is 0.441 bits per heavy atom. The number of rotatable bonds is 7. The predicted molar refractivity (Wildman–Crippen MR) is 267 cm³/mol. The highest BCUT2D eigenvalue weighted by atomic mass is 16.2. The fraction of sp³-hybridized carbons (Fsp3) is 0. The minimum absolute atomic E-state index is 0.219. The summed E-state index contributed by atoms with van der Waals surface area (Å²) in [5.74, 6) is -0.956.